The van der Waals surface area contributed by atoms with Gasteiger partial charge >= 0.3 is 12.1 Å². The zero-order valence-electron chi connectivity index (χ0n) is 13.1. The molecule has 0 fully saturated rings. The van der Waals surface area contributed by atoms with Crippen LogP contribution in [0, 0.1) is 0 Å². The van der Waals surface area contributed by atoms with Gasteiger partial charge in [0.05, 0.1) is 7.11 Å². The summed E-state index contributed by atoms with van der Waals surface area (Å²) in [6.07, 6.45) is 1.67. The third-order valence-electron chi connectivity index (χ3n) is 2.25. The van der Waals surface area contributed by atoms with Crippen LogP contribution in [0.5, 0.6) is 0 Å². The average molecular weight is 320 g/mol. The van der Waals surface area contributed by atoms with Gasteiger partial charge in [-0.15, -0.1) is 0 Å². The molecule has 0 heterocycles. The molecule has 0 aliphatic rings. The quantitative estimate of drug-likeness (QED) is 0.678. The Morgan fingerprint density at radius 1 is 1.24 bits per heavy atom. The third-order valence-corrected chi connectivity index (χ3v) is 2.90. The molecule has 7 nitrogen and oxygen atoms in total. The van der Waals surface area contributed by atoms with Crippen molar-refractivity contribution in [2.24, 2.45) is 0 Å². The minimum atomic E-state index is -0.753. The molecule has 0 bridgehead atoms. The van der Waals surface area contributed by atoms with Crippen molar-refractivity contribution < 1.29 is 23.9 Å². The number of alkyl carbamates (subject to hydrolysis) is 1. The first-order valence-electron chi connectivity index (χ1n) is 6.52. The molecule has 0 rings (SSSR count). The number of nitrogens with one attached hydrogen (secondary N) is 2. The van der Waals surface area contributed by atoms with Crippen LogP contribution in [0.1, 0.15) is 27.2 Å². The van der Waals surface area contributed by atoms with Gasteiger partial charge in [-0.2, -0.15) is 11.8 Å². The predicted molar refractivity (Wildman–Crippen MR) is 81.2 cm³/mol. The van der Waals surface area contributed by atoms with Crippen molar-refractivity contribution in [1.82, 2.24) is 10.6 Å². The smallest absolute Gasteiger partial charge is 0.408 e. The van der Waals surface area contributed by atoms with E-state index in [-0.39, 0.29) is 6.54 Å². The topological polar surface area (TPSA) is 93.7 Å². The number of thioether (sulfide) groups is 1. The lowest BCUT2D eigenvalue weighted by Crippen LogP contribution is -2.49. The summed E-state index contributed by atoms with van der Waals surface area (Å²) in [5.74, 6) is -0.309. The third kappa shape index (κ3) is 10.0. The van der Waals surface area contributed by atoms with Crippen LogP contribution >= 0.6 is 11.8 Å². The van der Waals surface area contributed by atoms with Gasteiger partial charge in [-0.05, 0) is 39.2 Å². The van der Waals surface area contributed by atoms with Crippen molar-refractivity contribution in [3.63, 3.8) is 0 Å². The summed E-state index contributed by atoms with van der Waals surface area (Å²) in [4.78, 5) is 34.7. The molecule has 2 amide bonds. The monoisotopic (exact) mass is 320 g/mol. The lowest BCUT2D eigenvalue weighted by Gasteiger charge is -2.23. The number of hydrogen-bond donors (Lipinski definition) is 2. The van der Waals surface area contributed by atoms with Crippen molar-refractivity contribution in [3.8, 4) is 0 Å². The molecular formula is C13H24N2O5S. The normalized spacial score (nSPS) is 12.2. The molecule has 0 saturated carbocycles. The fourth-order valence-electron chi connectivity index (χ4n) is 1.31. The number of esters is 1. The van der Waals surface area contributed by atoms with Crippen molar-refractivity contribution in [1.29, 1.82) is 0 Å². The Bertz CT molecular complexity index is 368. The Labute approximate surface area is 129 Å². The van der Waals surface area contributed by atoms with E-state index < -0.39 is 29.6 Å². The summed E-state index contributed by atoms with van der Waals surface area (Å²) in [6, 6.07) is -0.753. The van der Waals surface area contributed by atoms with Crippen molar-refractivity contribution in [2.75, 3.05) is 25.7 Å². The Hall–Kier alpha value is -1.44. The molecule has 2 N–H and O–H groups in total. The average Bonchev–Trinajstić information content (AvgIpc) is 2.38. The predicted octanol–water partition coefficient (Wildman–Crippen LogP) is 0.922. The zero-order chi connectivity index (χ0) is 16.5. The van der Waals surface area contributed by atoms with Crippen molar-refractivity contribution >= 4 is 29.7 Å². The molecule has 1 unspecified atom stereocenters. The largest absolute Gasteiger partial charge is 0.468 e. The second-order valence-corrected chi connectivity index (χ2v) is 6.26. The maximum atomic E-state index is 12.0. The molecule has 122 valence electrons. The van der Waals surface area contributed by atoms with Gasteiger partial charge in [0.2, 0.25) is 5.91 Å². The molecule has 0 aromatic rings. The summed E-state index contributed by atoms with van der Waals surface area (Å²) in [5, 5.41) is 4.93. The highest BCUT2D eigenvalue weighted by atomic mass is 32.2. The van der Waals surface area contributed by atoms with E-state index in [9.17, 15) is 14.4 Å². The fraction of sp³-hybridized carbons (Fsp3) is 0.769. The van der Waals surface area contributed by atoms with E-state index in [1.807, 2.05) is 6.26 Å². The van der Waals surface area contributed by atoms with Crippen molar-refractivity contribution in [3.05, 3.63) is 0 Å². The summed E-state index contributed by atoms with van der Waals surface area (Å²) in [7, 11) is 1.23. The number of ether oxygens (including phenoxy) is 2. The van der Waals surface area contributed by atoms with Crippen LogP contribution in [0.15, 0.2) is 0 Å². The minimum Gasteiger partial charge on any atom is -0.468 e. The van der Waals surface area contributed by atoms with Gasteiger partial charge in [0, 0.05) is 0 Å². The highest BCUT2D eigenvalue weighted by Crippen LogP contribution is 2.08. The first-order chi connectivity index (χ1) is 9.69. The molecule has 8 heteroatoms. The number of hydrogen-bond acceptors (Lipinski definition) is 6. The SMILES string of the molecule is COC(=O)CNC(=O)C(CCSC)NC(=O)OC(C)(C)C. The molecule has 21 heavy (non-hydrogen) atoms. The lowest BCUT2D eigenvalue weighted by atomic mass is 10.2. The second kappa shape index (κ2) is 9.49. The van der Waals surface area contributed by atoms with E-state index in [4.69, 9.17) is 4.74 Å². The second-order valence-electron chi connectivity index (χ2n) is 5.27. The molecule has 0 spiro atoms. The first kappa shape index (κ1) is 19.6. The molecule has 0 radical (unpaired) electrons. The van der Waals surface area contributed by atoms with Gasteiger partial charge in [0.1, 0.15) is 18.2 Å². The van der Waals surface area contributed by atoms with Crippen LogP contribution in [-0.4, -0.2) is 55.3 Å². The lowest BCUT2D eigenvalue weighted by molar-refractivity contribution is -0.141. The molecule has 0 aliphatic heterocycles. The van der Waals surface area contributed by atoms with Crippen LogP contribution < -0.4 is 10.6 Å². The van der Waals surface area contributed by atoms with E-state index >= 15 is 0 Å². The van der Waals surface area contributed by atoms with E-state index in [1.165, 1.54) is 7.11 Å². The summed E-state index contributed by atoms with van der Waals surface area (Å²) < 4.78 is 9.56. The maximum absolute atomic E-state index is 12.0. The van der Waals surface area contributed by atoms with Crippen LogP contribution in [0.25, 0.3) is 0 Å². The number of carbonyl (C=O) groups excluding carboxylic acids is 3. The van der Waals surface area contributed by atoms with E-state index in [1.54, 1.807) is 32.5 Å². The molecule has 0 aromatic carbocycles. The van der Waals surface area contributed by atoms with Crippen LogP contribution in [0.4, 0.5) is 4.79 Å². The standard InChI is InChI=1S/C13H24N2O5S/c1-13(2,3)20-12(18)15-9(6-7-21-5)11(17)14-8-10(16)19-4/h9H,6-8H2,1-5H3,(H,14,17)(H,15,18). The van der Waals surface area contributed by atoms with E-state index in [0.29, 0.717) is 12.2 Å². The van der Waals surface area contributed by atoms with Gasteiger partial charge in [-0.25, -0.2) is 4.79 Å². The van der Waals surface area contributed by atoms with Crippen molar-refractivity contribution in [2.45, 2.75) is 38.8 Å². The molecule has 0 saturated heterocycles. The number of amides is 2. The Morgan fingerprint density at radius 2 is 1.86 bits per heavy atom. The highest BCUT2D eigenvalue weighted by Gasteiger charge is 2.24. The maximum Gasteiger partial charge on any atom is 0.408 e. The number of methoxy groups -OCH3 is 1. The summed E-state index contributed by atoms with van der Waals surface area (Å²) in [6.45, 7) is 4.98. The Kier molecular flexibility index (Phi) is 8.84. The number of rotatable bonds is 7. The van der Waals surface area contributed by atoms with Crippen LogP contribution in [0.3, 0.4) is 0 Å². The van der Waals surface area contributed by atoms with E-state index in [0.717, 1.165) is 0 Å². The molecule has 1 atom stereocenters. The molecular weight excluding hydrogens is 296 g/mol. The van der Waals surface area contributed by atoms with Gasteiger partial charge in [-0.1, -0.05) is 0 Å². The van der Waals surface area contributed by atoms with E-state index in [2.05, 4.69) is 15.4 Å². The minimum absolute atomic E-state index is 0.235. The van der Waals surface area contributed by atoms with Crippen LogP contribution in [0.2, 0.25) is 0 Å². The highest BCUT2D eigenvalue weighted by molar-refractivity contribution is 7.98. The molecule has 0 aliphatic carbocycles. The zero-order valence-corrected chi connectivity index (χ0v) is 14.0. The summed E-state index contributed by atoms with van der Waals surface area (Å²) >= 11 is 1.55. The fourth-order valence-corrected chi connectivity index (χ4v) is 1.78. The van der Waals surface area contributed by atoms with Crippen LogP contribution in [-0.2, 0) is 19.1 Å². The van der Waals surface area contributed by atoms with Gasteiger partial charge < -0.3 is 20.1 Å². The van der Waals surface area contributed by atoms with Gasteiger partial charge in [0.15, 0.2) is 0 Å². The Morgan fingerprint density at radius 3 is 2.33 bits per heavy atom. The number of carbonyl (C=O) groups is 3. The summed E-state index contributed by atoms with van der Waals surface area (Å²) in [5.41, 5.74) is -0.642. The van der Waals surface area contributed by atoms with Gasteiger partial charge in [0.25, 0.3) is 0 Å². The molecule has 0 aromatic heterocycles. The van der Waals surface area contributed by atoms with Gasteiger partial charge in [-0.3, -0.25) is 9.59 Å². The Balaban J connectivity index is 4.52. The first-order valence-corrected chi connectivity index (χ1v) is 7.92.